The van der Waals surface area contributed by atoms with Crippen molar-refractivity contribution in [3.05, 3.63) is 0 Å². The standard InChI is InChI=1S/C11H24N2O5SSi/c1-11(2,3)20(4,5)18-8-6-7-9(14)13-19(16,17)10(12)15/h6-8H2,1-5H3,(H2,12,15)(H,13,14). The third-order valence-corrected chi connectivity index (χ3v) is 8.89. The van der Waals surface area contributed by atoms with E-state index >= 15 is 0 Å². The number of amides is 2. The fraction of sp³-hybridized carbons (Fsp3) is 0.818. The largest absolute Gasteiger partial charge is 0.417 e. The maximum Gasteiger partial charge on any atom is 0.354 e. The van der Waals surface area contributed by atoms with Crippen molar-refractivity contribution in [1.29, 1.82) is 0 Å². The quantitative estimate of drug-likeness (QED) is 0.584. The van der Waals surface area contributed by atoms with Crippen LogP contribution in [0.2, 0.25) is 18.1 Å². The van der Waals surface area contributed by atoms with Gasteiger partial charge >= 0.3 is 15.3 Å². The molecular weight excluding hydrogens is 300 g/mol. The van der Waals surface area contributed by atoms with Crippen LogP contribution in [-0.4, -0.2) is 34.5 Å². The molecule has 3 N–H and O–H groups in total. The molecule has 0 aliphatic rings. The van der Waals surface area contributed by atoms with E-state index in [1.165, 1.54) is 0 Å². The van der Waals surface area contributed by atoms with Gasteiger partial charge in [-0.05, 0) is 24.6 Å². The highest BCUT2D eigenvalue weighted by Gasteiger charge is 2.36. The minimum atomic E-state index is -4.38. The molecule has 0 atom stereocenters. The molecule has 0 aliphatic heterocycles. The number of carbonyl (C=O) groups excluding carboxylic acids is 2. The minimum absolute atomic E-state index is 0.0405. The summed E-state index contributed by atoms with van der Waals surface area (Å²) < 4.78 is 29.5. The summed E-state index contributed by atoms with van der Waals surface area (Å²) in [5.74, 6) is -0.761. The van der Waals surface area contributed by atoms with E-state index in [1.807, 2.05) is 0 Å². The lowest BCUT2D eigenvalue weighted by Crippen LogP contribution is -2.41. The van der Waals surface area contributed by atoms with E-state index < -0.39 is 29.5 Å². The van der Waals surface area contributed by atoms with Gasteiger partial charge in [0.05, 0.1) is 0 Å². The summed E-state index contributed by atoms with van der Waals surface area (Å²) >= 11 is 0. The summed E-state index contributed by atoms with van der Waals surface area (Å²) in [6, 6.07) is 0. The maximum absolute atomic E-state index is 11.3. The molecule has 0 radical (unpaired) electrons. The summed E-state index contributed by atoms with van der Waals surface area (Å²) in [5, 5.41) is -1.49. The lowest BCUT2D eigenvalue weighted by Gasteiger charge is -2.36. The fourth-order valence-electron chi connectivity index (χ4n) is 1.03. The van der Waals surface area contributed by atoms with E-state index in [-0.39, 0.29) is 11.5 Å². The van der Waals surface area contributed by atoms with Gasteiger partial charge in [0.2, 0.25) is 5.91 Å². The van der Waals surface area contributed by atoms with E-state index in [0.717, 1.165) is 0 Å². The van der Waals surface area contributed by atoms with Crippen LogP contribution in [0.25, 0.3) is 0 Å². The van der Waals surface area contributed by atoms with E-state index in [4.69, 9.17) is 4.43 Å². The monoisotopic (exact) mass is 324 g/mol. The number of carbonyl (C=O) groups is 2. The van der Waals surface area contributed by atoms with Gasteiger partial charge < -0.3 is 10.2 Å². The Morgan fingerprint density at radius 2 is 1.75 bits per heavy atom. The predicted molar refractivity (Wildman–Crippen MR) is 79.0 cm³/mol. The zero-order valence-corrected chi connectivity index (χ0v) is 14.5. The minimum Gasteiger partial charge on any atom is -0.417 e. The molecule has 0 aromatic heterocycles. The molecule has 9 heteroatoms. The van der Waals surface area contributed by atoms with Gasteiger partial charge in [0.25, 0.3) is 0 Å². The smallest absolute Gasteiger partial charge is 0.354 e. The summed E-state index contributed by atoms with van der Waals surface area (Å²) in [4.78, 5) is 21.9. The van der Waals surface area contributed by atoms with Crippen LogP contribution >= 0.6 is 0 Å². The summed E-state index contributed by atoms with van der Waals surface area (Å²) in [5.41, 5.74) is 4.62. The number of sulfonamides is 1. The molecule has 0 saturated carbocycles. The highest BCUT2D eigenvalue weighted by Crippen LogP contribution is 2.36. The molecule has 0 saturated heterocycles. The van der Waals surface area contributed by atoms with Crippen LogP contribution in [-0.2, 0) is 19.2 Å². The summed E-state index contributed by atoms with van der Waals surface area (Å²) in [7, 11) is -6.24. The van der Waals surface area contributed by atoms with Crippen molar-refractivity contribution in [2.75, 3.05) is 6.61 Å². The average molecular weight is 324 g/mol. The normalized spacial score (nSPS) is 13.1. The zero-order chi connectivity index (χ0) is 16.2. The molecule has 7 nitrogen and oxygen atoms in total. The molecule has 0 spiro atoms. The highest BCUT2D eigenvalue weighted by atomic mass is 32.2. The molecule has 0 bridgehead atoms. The molecule has 118 valence electrons. The molecule has 0 heterocycles. The zero-order valence-electron chi connectivity index (χ0n) is 12.6. The van der Waals surface area contributed by atoms with Crippen LogP contribution in [0.15, 0.2) is 0 Å². The van der Waals surface area contributed by atoms with Crippen molar-refractivity contribution in [3.8, 4) is 0 Å². The van der Waals surface area contributed by atoms with Gasteiger partial charge in [-0.1, -0.05) is 20.8 Å². The average Bonchev–Trinajstić information content (AvgIpc) is 2.22. The van der Waals surface area contributed by atoms with Crippen LogP contribution < -0.4 is 10.5 Å². The van der Waals surface area contributed by atoms with E-state index in [9.17, 15) is 18.0 Å². The molecule has 0 rings (SSSR count). The molecule has 20 heavy (non-hydrogen) atoms. The highest BCUT2D eigenvalue weighted by molar-refractivity contribution is 8.04. The summed E-state index contributed by atoms with van der Waals surface area (Å²) in [6.45, 7) is 10.9. The van der Waals surface area contributed by atoms with Crippen LogP contribution in [0.5, 0.6) is 0 Å². The first-order chi connectivity index (χ1) is 8.79. The molecule has 0 aromatic rings. The number of rotatable bonds is 5. The number of primary amides is 1. The Hall–Kier alpha value is -0.933. The van der Waals surface area contributed by atoms with Crippen LogP contribution in [0, 0.1) is 0 Å². The van der Waals surface area contributed by atoms with Crippen molar-refractivity contribution >= 4 is 29.5 Å². The molecule has 0 unspecified atom stereocenters. The van der Waals surface area contributed by atoms with Crippen molar-refractivity contribution in [2.24, 2.45) is 5.73 Å². The van der Waals surface area contributed by atoms with Gasteiger partial charge in [-0.15, -0.1) is 0 Å². The van der Waals surface area contributed by atoms with Gasteiger partial charge in [-0.3, -0.25) is 9.59 Å². The van der Waals surface area contributed by atoms with E-state index in [0.29, 0.717) is 13.0 Å². The Bertz CT molecular complexity index is 468. The molecule has 0 fully saturated rings. The maximum atomic E-state index is 11.3. The van der Waals surface area contributed by atoms with Crippen LogP contribution in [0.4, 0.5) is 4.79 Å². The van der Waals surface area contributed by atoms with Crippen LogP contribution in [0.1, 0.15) is 33.6 Å². The third-order valence-electron chi connectivity index (χ3n) is 3.33. The molecular formula is C11H24N2O5SSi. The van der Waals surface area contributed by atoms with E-state index in [1.54, 1.807) is 4.72 Å². The predicted octanol–water partition coefficient (Wildman–Crippen LogP) is 1.31. The van der Waals surface area contributed by atoms with Gasteiger partial charge in [0.15, 0.2) is 8.32 Å². The second-order valence-corrected chi connectivity index (χ2v) is 12.5. The lowest BCUT2D eigenvalue weighted by atomic mass is 10.2. The second-order valence-electron chi connectivity index (χ2n) is 6.06. The van der Waals surface area contributed by atoms with Crippen LogP contribution in [0.3, 0.4) is 0 Å². The Balaban J connectivity index is 4.16. The van der Waals surface area contributed by atoms with Gasteiger partial charge in [-0.25, -0.2) is 4.72 Å². The topological polar surface area (TPSA) is 116 Å². The van der Waals surface area contributed by atoms with Gasteiger partial charge in [0, 0.05) is 13.0 Å². The number of nitrogens with one attached hydrogen (secondary N) is 1. The third kappa shape index (κ3) is 6.01. The molecule has 0 aliphatic carbocycles. The second kappa shape index (κ2) is 6.68. The fourth-order valence-corrected chi connectivity index (χ4v) is 2.62. The lowest BCUT2D eigenvalue weighted by molar-refractivity contribution is -0.119. The van der Waals surface area contributed by atoms with Crippen molar-refractivity contribution in [3.63, 3.8) is 0 Å². The van der Waals surface area contributed by atoms with Crippen molar-refractivity contribution in [1.82, 2.24) is 4.72 Å². The number of hydrogen-bond donors (Lipinski definition) is 2. The van der Waals surface area contributed by atoms with Gasteiger partial charge in [0.1, 0.15) is 0 Å². The number of nitrogens with two attached hydrogens (primary N) is 1. The van der Waals surface area contributed by atoms with Crippen molar-refractivity contribution in [2.45, 2.75) is 51.7 Å². The number of hydrogen-bond acceptors (Lipinski definition) is 5. The SMILES string of the molecule is CC(C)(C)[Si](C)(C)OCCCC(=O)NS(=O)(=O)C(N)=O. The first-order valence-electron chi connectivity index (χ1n) is 6.28. The van der Waals surface area contributed by atoms with Crippen molar-refractivity contribution < 1.29 is 22.4 Å². The Morgan fingerprint density at radius 1 is 1.25 bits per heavy atom. The van der Waals surface area contributed by atoms with Gasteiger partial charge in [-0.2, -0.15) is 8.42 Å². The van der Waals surface area contributed by atoms with E-state index in [2.05, 4.69) is 39.6 Å². The molecule has 2 amide bonds. The molecule has 0 aromatic carbocycles. The Morgan fingerprint density at radius 3 is 2.15 bits per heavy atom. The first-order valence-corrected chi connectivity index (χ1v) is 10.7. The first kappa shape index (κ1) is 19.1. The Kier molecular flexibility index (Phi) is 6.37. The Labute approximate surface area is 121 Å². The summed E-state index contributed by atoms with van der Waals surface area (Å²) in [6.07, 6.45) is 0.341.